The van der Waals surface area contributed by atoms with Gasteiger partial charge in [0, 0.05) is 0 Å². The van der Waals surface area contributed by atoms with Gasteiger partial charge in [0.1, 0.15) is 11.6 Å². The van der Waals surface area contributed by atoms with Crippen LogP contribution >= 0.6 is 11.6 Å². The zero-order chi connectivity index (χ0) is 20.9. The van der Waals surface area contributed by atoms with E-state index >= 15 is 0 Å². The van der Waals surface area contributed by atoms with Crippen LogP contribution in [-0.4, -0.2) is 0 Å². The molecule has 150 valence electrons. The standard InChI is InChI=1S/C27H21ClF2/c28-27(25-7-3-1-5-21(25)17-19-9-13-23(29)14-10-19)26-8-4-2-6-22(26)18-20-11-15-24(30)16-12-20/h1-16,27H,17-18H2. The molecule has 0 saturated heterocycles. The van der Waals surface area contributed by atoms with Crippen LogP contribution in [0.1, 0.15) is 38.8 Å². The van der Waals surface area contributed by atoms with Crippen LogP contribution < -0.4 is 0 Å². The average molecular weight is 419 g/mol. The molecule has 0 fully saturated rings. The smallest absolute Gasteiger partial charge is 0.123 e. The van der Waals surface area contributed by atoms with E-state index in [4.69, 9.17) is 11.6 Å². The Balaban J connectivity index is 1.64. The molecular formula is C27H21ClF2. The van der Waals surface area contributed by atoms with E-state index in [0.29, 0.717) is 12.8 Å². The number of hydrogen-bond acceptors (Lipinski definition) is 0. The summed E-state index contributed by atoms with van der Waals surface area (Å²) in [6, 6.07) is 29.3. The Morgan fingerprint density at radius 2 is 0.900 bits per heavy atom. The van der Waals surface area contributed by atoms with Gasteiger partial charge in [0.2, 0.25) is 0 Å². The van der Waals surface area contributed by atoms with Gasteiger partial charge in [-0.1, -0.05) is 72.8 Å². The SMILES string of the molecule is Fc1ccc(Cc2ccccc2C(Cl)c2ccccc2Cc2ccc(F)cc2)cc1. The van der Waals surface area contributed by atoms with Crippen molar-refractivity contribution >= 4 is 11.6 Å². The zero-order valence-electron chi connectivity index (χ0n) is 16.4. The highest BCUT2D eigenvalue weighted by atomic mass is 35.5. The van der Waals surface area contributed by atoms with Gasteiger partial charge < -0.3 is 0 Å². The van der Waals surface area contributed by atoms with Crippen LogP contribution in [0.5, 0.6) is 0 Å². The summed E-state index contributed by atoms with van der Waals surface area (Å²) < 4.78 is 26.5. The van der Waals surface area contributed by atoms with Crippen molar-refractivity contribution in [2.75, 3.05) is 0 Å². The fourth-order valence-corrected chi connectivity index (χ4v) is 4.12. The Morgan fingerprint density at radius 3 is 1.30 bits per heavy atom. The summed E-state index contributed by atoms with van der Waals surface area (Å²) in [6.45, 7) is 0. The molecule has 0 spiro atoms. The van der Waals surface area contributed by atoms with Crippen LogP contribution in [0.2, 0.25) is 0 Å². The predicted molar refractivity (Wildman–Crippen MR) is 119 cm³/mol. The molecule has 0 unspecified atom stereocenters. The third-order valence-corrected chi connectivity index (χ3v) is 5.74. The first-order chi connectivity index (χ1) is 14.6. The average Bonchev–Trinajstić information content (AvgIpc) is 2.77. The highest BCUT2D eigenvalue weighted by Crippen LogP contribution is 2.35. The molecule has 0 amide bonds. The summed E-state index contributed by atoms with van der Waals surface area (Å²) in [5.41, 5.74) is 6.37. The second-order valence-corrected chi connectivity index (χ2v) is 7.80. The second kappa shape index (κ2) is 9.23. The fourth-order valence-electron chi connectivity index (χ4n) is 3.70. The monoisotopic (exact) mass is 418 g/mol. The van der Waals surface area contributed by atoms with Crippen molar-refractivity contribution in [1.29, 1.82) is 0 Å². The lowest BCUT2D eigenvalue weighted by Gasteiger charge is -2.19. The molecule has 0 aliphatic carbocycles. The van der Waals surface area contributed by atoms with Crippen LogP contribution in [0.15, 0.2) is 97.1 Å². The van der Waals surface area contributed by atoms with Crippen molar-refractivity contribution in [2.45, 2.75) is 18.2 Å². The molecule has 4 aromatic carbocycles. The van der Waals surface area contributed by atoms with Crippen LogP contribution in [0.4, 0.5) is 8.78 Å². The van der Waals surface area contributed by atoms with Crippen molar-refractivity contribution in [2.24, 2.45) is 0 Å². The molecule has 3 heteroatoms. The summed E-state index contributed by atoms with van der Waals surface area (Å²) >= 11 is 7.00. The van der Waals surface area contributed by atoms with Gasteiger partial charge in [-0.3, -0.25) is 0 Å². The minimum absolute atomic E-state index is 0.239. The molecule has 0 radical (unpaired) electrons. The first-order valence-corrected chi connectivity index (χ1v) is 10.3. The molecule has 0 aliphatic rings. The van der Waals surface area contributed by atoms with Crippen LogP contribution in [-0.2, 0) is 12.8 Å². The van der Waals surface area contributed by atoms with Crippen molar-refractivity contribution in [3.8, 4) is 0 Å². The van der Waals surface area contributed by atoms with Crippen molar-refractivity contribution in [3.63, 3.8) is 0 Å². The Kier molecular flexibility index (Phi) is 6.25. The van der Waals surface area contributed by atoms with Gasteiger partial charge in [0.25, 0.3) is 0 Å². The van der Waals surface area contributed by atoms with Crippen molar-refractivity contribution in [1.82, 2.24) is 0 Å². The van der Waals surface area contributed by atoms with Gasteiger partial charge in [0.15, 0.2) is 0 Å². The normalized spacial score (nSPS) is 11.1. The van der Waals surface area contributed by atoms with Gasteiger partial charge in [-0.05, 0) is 70.5 Å². The summed E-state index contributed by atoms with van der Waals surface area (Å²) in [4.78, 5) is 0. The molecule has 0 aromatic heterocycles. The van der Waals surface area contributed by atoms with E-state index in [1.807, 2.05) is 36.4 Å². The van der Waals surface area contributed by atoms with Crippen molar-refractivity contribution in [3.05, 3.63) is 142 Å². The predicted octanol–water partition coefficient (Wildman–Crippen LogP) is 7.47. The molecule has 0 nitrogen and oxygen atoms in total. The lowest BCUT2D eigenvalue weighted by molar-refractivity contribution is 0.627. The van der Waals surface area contributed by atoms with Gasteiger partial charge in [0.05, 0.1) is 5.38 Å². The maximum Gasteiger partial charge on any atom is 0.123 e. The third kappa shape index (κ3) is 4.77. The van der Waals surface area contributed by atoms with Gasteiger partial charge in [-0.25, -0.2) is 8.78 Å². The van der Waals surface area contributed by atoms with E-state index in [9.17, 15) is 8.78 Å². The van der Waals surface area contributed by atoms with Crippen LogP contribution in [0.3, 0.4) is 0 Å². The lowest BCUT2D eigenvalue weighted by Crippen LogP contribution is -2.04. The maximum atomic E-state index is 13.3. The Labute approximate surface area is 180 Å². The first-order valence-electron chi connectivity index (χ1n) is 9.89. The zero-order valence-corrected chi connectivity index (χ0v) is 17.1. The Bertz CT molecular complexity index is 1030. The molecule has 0 bridgehead atoms. The quantitative estimate of drug-likeness (QED) is 0.285. The fraction of sp³-hybridized carbons (Fsp3) is 0.111. The number of rotatable bonds is 6. The summed E-state index contributed by atoms with van der Waals surface area (Å²) in [5.74, 6) is -0.478. The van der Waals surface area contributed by atoms with E-state index < -0.39 is 0 Å². The highest BCUT2D eigenvalue weighted by molar-refractivity contribution is 6.22. The van der Waals surface area contributed by atoms with Gasteiger partial charge >= 0.3 is 0 Å². The van der Waals surface area contributed by atoms with Gasteiger partial charge in [-0.2, -0.15) is 0 Å². The van der Waals surface area contributed by atoms with E-state index in [1.165, 1.54) is 24.3 Å². The third-order valence-electron chi connectivity index (χ3n) is 5.27. The molecule has 30 heavy (non-hydrogen) atoms. The lowest BCUT2D eigenvalue weighted by atomic mass is 9.91. The van der Waals surface area contributed by atoms with E-state index in [1.54, 1.807) is 24.3 Å². The molecule has 0 atom stereocenters. The molecule has 0 heterocycles. The molecule has 0 aliphatic heterocycles. The van der Waals surface area contributed by atoms with Crippen molar-refractivity contribution < 1.29 is 8.78 Å². The first kappa shape index (κ1) is 20.3. The number of hydrogen-bond donors (Lipinski definition) is 0. The molecule has 4 aromatic rings. The van der Waals surface area contributed by atoms with Crippen LogP contribution in [0.25, 0.3) is 0 Å². The van der Waals surface area contributed by atoms with E-state index in [0.717, 1.165) is 33.4 Å². The highest BCUT2D eigenvalue weighted by Gasteiger charge is 2.18. The number of halogens is 3. The minimum Gasteiger partial charge on any atom is -0.207 e. The maximum absolute atomic E-state index is 13.3. The van der Waals surface area contributed by atoms with E-state index in [2.05, 4.69) is 12.1 Å². The van der Waals surface area contributed by atoms with Crippen LogP contribution in [0, 0.1) is 11.6 Å². The van der Waals surface area contributed by atoms with E-state index in [-0.39, 0.29) is 17.0 Å². The van der Waals surface area contributed by atoms with Gasteiger partial charge in [-0.15, -0.1) is 11.6 Å². The number of benzene rings is 4. The molecule has 0 N–H and O–H groups in total. The molecule has 0 saturated carbocycles. The second-order valence-electron chi connectivity index (χ2n) is 7.37. The summed E-state index contributed by atoms with van der Waals surface area (Å²) in [7, 11) is 0. The minimum atomic E-state index is -0.321. The number of alkyl halides is 1. The molecular weight excluding hydrogens is 398 g/mol. The largest absolute Gasteiger partial charge is 0.207 e. The molecule has 4 rings (SSSR count). The Hall–Kier alpha value is -2.97. The summed E-state index contributed by atoms with van der Waals surface area (Å²) in [5, 5.41) is -0.321. The Morgan fingerprint density at radius 1 is 0.533 bits per heavy atom. The topological polar surface area (TPSA) is 0 Å². The summed E-state index contributed by atoms with van der Waals surface area (Å²) in [6.07, 6.45) is 1.36.